The zero-order chi connectivity index (χ0) is 34.6. The fourth-order valence-corrected chi connectivity index (χ4v) is 7.64. The molecule has 0 aliphatic carbocycles. The van der Waals surface area contributed by atoms with Gasteiger partial charge in [0.1, 0.15) is 29.5 Å². The molecule has 254 valence electrons. The van der Waals surface area contributed by atoms with Gasteiger partial charge in [0.2, 0.25) is 5.82 Å². The number of ether oxygens (including phenoxy) is 1. The average molecular weight is 677 g/mol. The molecule has 5 rings (SSSR count). The van der Waals surface area contributed by atoms with E-state index in [4.69, 9.17) is 4.74 Å². The fraction of sp³-hybridized carbons (Fsp3) is 0.395. The molecule has 0 amide bonds. The van der Waals surface area contributed by atoms with Crippen molar-refractivity contribution in [3.63, 3.8) is 0 Å². The van der Waals surface area contributed by atoms with E-state index in [0.717, 1.165) is 41.6 Å². The summed E-state index contributed by atoms with van der Waals surface area (Å²) < 4.78 is 52.6. The maximum absolute atomic E-state index is 15.7. The van der Waals surface area contributed by atoms with Crippen molar-refractivity contribution in [2.24, 2.45) is 10.4 Å². The highest BCUT2D eigenvalue weighted by Crippen LogP contribution is 2.40. The SMILES string of the molecule is CN/C1=N\C(=N)[C@@](C)(c2cccc(CCC=O)c2)CCCC(C)(C)CSCCc2c(c(F)c(F)c3[nH]cc(C)c23)Oc2ccc(F)c1c2. The predicted molar refractivity (Wildman–Crippen MR) is 190 cm³/mol. The van der Waals surface area contributed by atoms with Gasteiger partial charge in [-0.15, -0.1) is 0 Å². The molecule has 48 heavy (non-hydrogen) atoms. The molecule has 3 N–H and O–H groups in total. The van der Waals surface area contributed by atoms with Crippen molar-refractivity contribution in [2.45, 2.75) is 71.6 Å². The summed E-state index contributed by atoms with van der Waals surface area (Å²) in [7, 11) is 1.60. The molecule has 3 aromatic carbocycles. The molecule has 2 heterocycles. The molecule has 0 fully saturated rings. The minimum Gasteiger partial charge on any atom is -0.454 e. The van der Waals surface area contributed by atoms with Crippen LogP contribution in [0.5, 0.6) is 11.5 Å². The van der Waals surface area contributed by atoms with E-state index in [1.165, 1.54) is 18.2 Å². The quantitative estimate of drug-likeness (QED) is 0.188. The topological polar surface area (TPSA) is 90.3 Å². The zero-order valence-electron chi connectivity index (χ0n) is 28.2. The van der Waals surface area contributed by atoms with Crippen LogP contribution in [0.4, 0.5) is 13.2 Å². The Morgan fingerprint density at radius 3 is 2.65 bits per heavy atom. The number of hydrogen-bond donors (Lipinski definition) is 3. The standard InChI is InChI=1S/C38H43F3N4O2S/c1-23-21-44-33-30(23)27-14-18-48-22-37(2,3)15-8-16-38(4,25-11-6-9-24(19-25)10-7-17-46)36(42)45-35(43-5)28-20-26(12-13-29(28)39)47-34(27)32(41)31(33)40/h6,9,11-13,17,19-21,44H,7-8,10,14-16,18,22H2,1-5H3,(H2,42,43,45)/t38-/m1/s1. The number of carbonyl (C=O) groups is 1. The van der Waals surface area contributed by atoms with Gasteiger partial charge in [0.25, 0.3) is 0 Å². The average Bonchev–Trinajstić information content (AvgIpc) is 3.45. The van der Waals surface area contributed by atoms with Crippen LogP contribution in [0.25, 0.3) is 10.9 Å². The van der Waals surface area contributed by atoms with Gasteiger partial charge in [-0.25, -0.2) is 13.8 Å². The van der Waals surface area contributed by atoms with Crippen molar-refractivity contribution in [1.82, 2.24) is 10.3 Å². The molecule has 0 spiro atoms. The Morgan fingerprint density at radius 1 is 1.10 bits per heavy atom. The molecular weight excluding hydrogens is 634 g/mol. The third kappa shape index (κ3) is 7.33. The molecule has 1 atom stereocenters. The van der Waals surface area contributed by atoms with Gasteiger partial charge in [-0.1, -0.05) is 44.5 Å². The zero-order valence-corrected chi connectivity index (χ0v) is 29.0. The Labute approximate surface area is 284 Å². The minimum absolute atomic E-state index is 0.0287. The van der Waals surface area contributed by atoms with Crippen LogP contribution in [-0.4, -0.2) is 41.5 Å². The molecule has 1 aromatic heterocycles. The van der Waals surface area contributed by atoms with Crippen molar-refractivity contribution in [1.29, 1.82) is 5.41 Å². The van der Waals surface area contributed by atoms with E-state index in [1.807, 2.05) is 38.1 Å². The number of benzene rings is 3. The molecule has 1 aliphatic rings. The monoisotopic (exact) mass is 676 g/mol. The first-order valence-electron chi connectivity index (χ1n) is 16.3. The van der Waals surface area contributed by atoms with E-state index >= 15 is 13.2 Å². The van der Waals surface area contributed by atoms with Crippen LogP contribution in [0.15, 0.2) is 53.7 Å². The molecule has 0 saturated heterocycles. The third-order valence-corrected chi connectivity index (χ3v) is 10.8. The van der Waals surface area contributed by atoms with E-state index in [0.29, 0.717) is 42.4 Å². The number of carbonyl (C=O) groups excluding carboxylic acids is 1. The van der Waals surface area contributed by atoms with Gasteiger partial charge >= 0.3 is 0 Å². The maximum Gasteiger partial charge on any atom is 0.203 e. The first kappa shape index (κ1) is 35.3. The summed E-state index contributed by atoms with van der Waals surface area (Å²) in [6, 6.07) is 11.9. The summed E-state index contributed by atoms with van der Waals surface area (Å²) in [6.45, 7) is 8.26. The van der Waals surface area contributed by atoms with E-state index in [1.54, 1.807) is 25.0 Å². The number of aryl methyl sites for hydroxylation is 3. The number of rotatable bonds is 4. The van der Waals surface area contributed by atoms with Gasteiger partial charge in [-0.2, -0.15) is 16.2 Å². The predicted octanol–water partition coefficient (Wildman–Crippen LogP) is 9.20. The fourth-order valence-electron chi connectivity index (χ4n) is 6.45. The Morgan fingerprint density at radius 2 is 1.90 bits per heavy atom. The Balaban J connectivity index is 1.64. The molecule has 0 saturated carbocycles. The second-order valence-electron chi connectivity index (χ2n) is 13.5. The number of fused-ring (bicyclic) bond motifs is 5. The van der Waals surface area contributed by atoms with E-state index in [9.17, 15) is 10.2 Å². The van der Waals surface area contributed by atoms with Crippen molar-refractivity contribution in [2.75, 3.05) is 18.6 Å². The first-order valence-corrected chi connectivity index (χ1v) is 17.5. The number of hydrogen-bond acceptors (Lipinski definition) is 5. The third-order valence-electron chi connectivity index (χ3n) is 9.30. The van der Waals surface area contributed by atoms with E-state index < -0.39 is 22.9 Å². The van der Waals surface area contributed by atoms with Crippen LogP contribution in [-0.2, 0) is 23.1 Å². The summed E-state index contributed by atoms with van der Waals surface area (Å²) in [5.74, 6) is -1.22. The second kappa shape index (κ2) is 14.6. The van der Waals surface area contributed by atoms with Crippen LogP contribution in [0.2, 0.25) is 0 Å². The lowest BCUT2D eigenvalue weighted by Gasteiger charge is -2.32. The van der Waals surface area contributed by atoms with Crippen LogP contribution in [0.3, 0.4) is 0 Å². The number of halogens is 3. The molecule has 0 unspecified atom stereocenters. The van der Waals surface area contributed by atoms with Gasteiger partial charge in [-0.05, 0) is 91.3 Å². The summed E-state index contributed by atoms with van der Waals surface area (Å²) in [5.41, 5.74) is 2.48. The number of H-pyrrole nitrogens is 1. The number of nitrogens with zero attached hydrogens (tertiary/aromatic N) is 1. The molecule has 4 aromatic rings. The highest BCUT2D eigenvalue weighted by atomic mass is 32.2. The number of thioether (sulfide) groups is 1. The van der Waals surface area contributed by atoms with Crippen molar-refractivity contribution >= 4 is 40.6 Å². The number of amidine groups is 2. The van der Waals surface area contributed by atoms with Crippen molar-refractivity contribution in [3.05, 3.63) is 93.9 Å². The van der Waals surface area contributed by atoms with Gasteiger partial charge < -0.3 is 19.8 Å². The molecule has 2 bridgehead atoms. The number of aromatic amines is 1. The van der Waals surface area contributed by atoms with Crippen molar-refractivity contribution in [3.8, 4) is 11.5 Å². The lowest BCUT2D eigenvalue weighted by molar-refractivity contribution is -0.107. The first-order chi connectivity index (χ1) is 22.9. The number of nitrogens with one attached hydrogen (secondary N) is 3. The normalized spacial score (nSPS) is 20.2. The van der Waals surface area contributed by atoms with Gasteiger partial charge in [-0.3, -0.25) is 5.41 Å². The molecule has 6 nitrogen and oxygen atoms in total. The van der Waals surface area contributed by atoms with E-state index in [-0.39, 0.29) is 39.7 Å². The molecule has 0 radical (unpaired) electrons. The maximum atomic E-state index is 15.7. The lowest BCUT2D eigenvalue weighted by atomic mass is 9.75. The number of aliphatic imine (C=N–C) groups is 1. The number of aromatic nitrogens is 1. The molecule has 10 heteroatoms. The van der Waals surface area contributed by atoms with Gasteiger partial charge in [0, 0.05) is 30.6 Å². The Kier molecular flexibility index (Phi) is 10.7. The smallest absolute Gasteiger partial charge is 0.203 e. The summed E-state index contributed by atoms with van der Waals surface area (Å²) >= 11 is 1.75. The van der Waals surface area contributed by atoms with Crippen molar-refractivity contribution < 1.29 is 22.7 Å². The largest absolute Gasteiger partial charge is 0.454 e. The van der Waals surface area contributed by atoms with Gasteiger partial charge in [0.15, 0.2) is 11.6 Å². The second-order valence-corrected chi connectivity index (χ2v) is 14.6. The molecular formula is C38H43F3N4O2S. The summed E-state index contributed by atoms with van der Waals surface area (Å²) in [4.78, 5) is 18.6. The summed E-state index contributed by atoms with van der Waals surface area (Å²) in [5, 5.41) is 12.9. The molecule has 1 aliphatic heterocycles. The van der Waals surface area contributed by atoms with Crippen LogP contribution in [0.1, 0.15) is 74.3 Å². The van der Waals surface area contributed by atoms with Gasteiger partial charge in [0.05, 0.1) is 16.5 Å². The Hall–Kier alpha value is -4.05. The minimum atomic E-state index is -1.11. The lowest BCUT2D eigenvalue weighted by Crippen LogP contribution is -2.34. The highest BCUT2D eigenvalue weighted by Gasteiger charge is 2.34. The van der Waals surface area contributed by atoms with Crippen LogP contribution >= 0.6 is 11.8 Å². The van der Waals surface area contributed by atoms with Crippen LogP contribution in [0, 0.1) is 35.2 Å². The van der Waals surface area contributed by atoms with E-state index in [2.05, 4.69) is 29.1 Å². The summed E-state index contributed by atoms with van der Waals surface area (Å²) in [6.07, 6.45) is 6.31. The number of aldehydes is 1. The Bertz CT molecular complexity index is 1870. The van der Waals surface area contributed by atoms with Crippen LogP contribution < -0.4 is 10.1 Å². The highest BCUT2D eigenvalue weighted by molar-refractivity contribution is 7.99.